The minimum absolute atomic E-state index is 0.000230. The largest absolute Gasteiger partial charge is 0.354 e. The summed E-state index contributed by atoms with van der Waals surface area (Å²) in [5, 5.41) is 3.00. The molecule has 1 amide bonds. The van der Waals surface area contributed by atoms with E-state index in [0.717, 1.165) is 6.42 Å². The summed E-state index contributed by atoms with van der Waals surface area (Å²) in [6.07, 6.45) is 8.14. The Labute approximate surface area is 138 Å². The van der Waals surface area contributed by atoms with Crippen molar-refractivity contribution in [3.8, 4) is 0 Å². The number of benzene rings is 1. The van der Waals surface area contributed by atoms with E-state index in [1.54, 1.807) is 12.1 Å². The van der Waals surface area contributed by atoms with Crippen LogP contribution in [0.2, 0.25) is 0 Å². The Morgan fingerprint density at radius 3 is 2.83 bits per heavy atom. The number of nitrogens with one attached hydrogen (secondary N) is 1. The smallest absolute Gasteiger partial charge is 0.237 e. The molecule has 126 valence electrons. The summed E-state index contributed by atoms with van der Waals surface area (Å²) in [4.78, 5) is 14.1. The van der Waals surface area contributed by atoms with Crippen LogP contribution in [0.4, 0.5) is 4.39 Å². The van der Waals surface area contributed by atoms with Gasteiger partial charge in [0.25, 0.3) is 0 Å². The fourth-order valence-electron chi connectivity index (χ4n) is 2.86. The van der Waals surface area contributed by atoms with Gasteiger partial charge in [-0.3, -0.25) is 9.69 Å². The van der Waals surface area contributed by atoms with Crippen LogP contribution in [0.3, 0.4) is 0 Å². The molecule has 1 atom stereocenters. The van der Waals surface area contributed by atoms with Crippen LogP contribution in [-0.4, -0.2) is 30.4 Å². The molecular formula is C19H27FN2O. The van der Waals surface area contributed by atoms with E-state index in [1.807, 2.05) is 24.9 Å². The van der Waals surface area contributed by atoms with Gasteiger partial charge in [0.2, 0.25) is 5.91 Å². The van der Waals surface area contributed by atoms with Gasteiger partial charge in [-0.1, -0.05) is 29.8 Å². The van der Waals surface area contributed by atoms with Crippen LogP contribution >= 0.6 is 0 Å². The number of amides is 1. The maximum absolute atomic E-state index is 13.7. The van der Waals surface area contributed by atoms with Crippen molar-refractivity contribution in [1.29, 1.82) is 0 Å². The second kappa shape index (κ2) is 8.82. The molecule has 0 saturated heterocycles. The zero-order chi connectivity index (χ0) is 16.7. The fourth-order valence-corrected chi connectivity index (χ4v) is 2.86. The number of nitrogens with zero attached hydrogens (tertiary/aromatic N) is 1. The fraction of sp³-hybridized carbons (Fsp3) is 0.526. The summed E-state index contributed by atoms with van der Waals surface area (Å²) in [5.41, 5.74) is 2.07. The molecule has 0 fully saturated rings. The first-order valence-corrected chi connectivity index (χ1v) is 8.47. The van der Waals surface area contributed by atoms with E-state index in [1.165, 1.54) is 37.3 Å². The van der Waals surface area contributed by atoms with Crippen molar-refractivity contribution in [3.05, 3.63) is 47.3 Å². The van der Waals surface area contributed by atoms with Gasteiger partial charge in [-0.2, -0.15) is 0 Å². The lowest BCUT2D eigenvalue weighted by atomic mass is 9.97. The highest BCUT2D eigenvalue weighted by atomic mass is 19.1. The van der Waals surface area contributed by atoms with Crippen molar-refractivity contribution in [1.82, 2.24) is 10.2 Å². The number of hydrogen-bond acceptors (Lipinski definition) is 2. The monoisotopic (exact) mass is 318 g/mol. The molecule has 1 aromatic rings. The van der Waals surface area contributed by atoms with Crippen LogP contribution in [-0.2, 0) is 11.3 Å². The van der Waals surface area contributed by atoms with Gasteiger partial charge in [-0.15, -0.1) is 0 Å². The number of likely N-dealkylation sites (N-methyl/N-ethyl adjacent to an activating group) is 1. The van der Waals surface area contributed by atoms with E-state index < -0.39 is 0 Å². The van der Waals surface area contributed by atoms with Gasteiger partial charge in [0.1, 0.15) is 5.82 Å². The molecule has 0 radical (unpaired) electrons. The van der Waals surface area contributed by atoms with E-state index in [-0.39, 0.29) is 17.8 Å². The van der Waals surface area contributed by atoms with Crippen LogP contribution < -0.4 is 5.32 Å². The number of allylic oxidation sites excluding steroid dienone is 1. The standard InChI is InChI=1S/C19H27FN2O/c1-15(22(2)14-17-10-6-7-11-18(17)20)19(23)21-13-12-16-8-4-3-5-9-16/h6-8,10-11,15H,3-5,9,12-14H2,1-2H3,(H,21,23). The zero-order valence-corrected chi connectivity index (χ0v) is 14.1. The molecule has 0 bridgehead atoms. The normalized spacial score (nSPS) is 16.1. The Morgan fingerprint density at radius 1 is 1.35 bits per heavy atom. The van der Waals surface area contributed by atoms with Gasteiger partial charge in [0.15, 0.2) is 0 Å². The predicted octanol–water partition coefficient (Wildman–Crippen LogP) is 3.65. The summed E-state index contributed by atoms with van der Waals surface area (Å²) < 4.78 is 13.7. The van der Waals surface area contributed by atoms with E-state index in [4.69, 9.17) is 0 Å². The van der Waals surface area contributed by atoms with Gasteiger partial charge < -0.3 is 5.32 Å². The Kier molecular flexibility index (Phi) is 6.78. The van der Waals surface area contributed by atoms with E-state index in [9.17, 15) is 9.18 Å². The number of carbonyl (C=O) groups excluding carboxylic acids is 1. The minimum Gasteiger partial charge on any atom is -0.354 e. The first-order valence-electron chi connectivity index (χ1n) is 8.47. The van der Waals surface area contributed by atoms with Crippen molar-refractivity contribution in [2.45, 2.75) is 51.6 Å². The van der Waals surface area contributed by atoms with Crippen molar-refractivity contribution < 1.29 is 9.18 Å². The Hall–Kier alpha value is -1.68. The molecule has 1 aliphatic carbocycles. The Balaban J connectivity index is 1.77. The molecule has 0 spiro atoms. The molecule has 1 aliphatic rings. The second-order valence-electron chi connectivity index (χ2n) is 6.33. The van der Waals surface area contributed by atoms with Crippen molar-refractivity contribution in [3.63, 3.8) is 0 Å². The average Bonchev–Trinajstić information content (AvgIpc) is 2.57. The molecule has 0 aliphatic heterocycles. The maximum Gasteiger partial charge on any atom is 0.237 e. The van der Waals surface area contributed by atoms with E-state index in [0.29, 0.717) is 18.7 Å². The van der Waals surface area contributed by atoms with Gasteiger partial charge in [0.05, 0.1) is 6.04 Å². The third kappa shape index (κ3) is 5.47. The van der Waals surface area contributed by atoms with Crippen LogP contribution in [0, 0.1) is 5.82 Å². The first kappa shape index (κ1) is 17.7. The SMILES string of the molecule is CC(C(=O)NCCC1=CCCCC1)N(C)Cc1ccccc1F. The summed E-state index contributed by atoms with van der Waals surface area (Å²) in [6.45, 7) is 2.96. The molecule has 3 nitrogen and oxygen atoms in total. The third-order valence-corrected chi connectivity index (χ3v) is 4.55. The number of hydrogen-bond donors (Lipinski definition) is 1. The molecule has 1 N–H and O–H groups in total. The summed E-state index contributed by atoms with van der Waals surface area (Å²) in [7, 11) is 1.85. The van der Waals surface area contributed by atoms with E-state index in [2.05, 4.69) is 11.4 Å². The quantitative estimate of drug-likeness (QED) is 0.778. The molecule has 4 heteroatoms. The zero-order valence-electron chi connectivity index (χ0n) is 14.1. The topological polar surface area (TPSA) is 32.3 Å². The molecule has 0 heterocycles. The maximum atomic E-state index is 13.7. The lowest BCUT2D eigenvalue weighted by molar-refractivity contribution is -0.125. The van der Waals surface area contributed by atoms with Crippen molar-refractivity contribution >= 4 is 5.91 Å². The highest BCUT2D eigenvalue weighted by molar-refractivity contribution is 5.81. The molecular weight excluding hydrogens is 291 g/mol. The average molecular weight is 318 g/mol. The summed E-state index contributed by atoms with van der Waals surface area (Å²) in [6, 6.07) is 6.41. The molecule has 1 aromatic carbocycles. The lowest BCUT2D eigenvalue weighted by Gasteiger charge is -2.24. The van der Waals surface area contributed by atoms with Crippen molar-refractivity contribution in [2.75, 3.05) is 13.6 Å². The van der Waals surface area contributed by atoms with Crippen LogP contribution in [0.1, 0.15) is 44.6 Å². The van der Waals surface area contributed by atoms with Gasteiger partial charge in [-0.25, -0.2) is 4.39 Å². The molecule has 23 heavy (non-hydrogen) atoms. The van der Waals surface area contributed by atoms with Gasteiger partial charge >= 0.3 is 0 Å². The number of carbonyl (C=O) groups is 1. The highest BCUT2D eigenvalue weighted by Crippen LogP contribution is 2.19. The molecule has 0 aromatic heterocycles. The Morgan fingerprint density at radius 2 is 2.13 bits per heavy atom. The Bertz CT molecular complexity index is 556. The van der Waals surface area contributed by atoms with Gasteiger partial charge in [0, 0.05) is 18.7 Å². The van der Waals surface area contributed by atoms with Crippen LogP contribution in [0.5, 0.6) is 0 Å². The van der Waals surface area contributed by atoms with E-state index >= 15 is 0 Å². The summed E-state index contributed by atoms with van der Waals surface area (Å²) in [5.74, 6) is -0.226. The predicted molar refractivity (Wildman–Crippen MR) is 91.5 cm³/mol. The van der Waals surface area contributed by atoms with Gasteiger partial charge in [-0.05, 0) is 52.1 Å². The number of halogens is 1. The van der Waals surface area contributed by atoms with Crippen LogP contribution in [0.15, 0.2) is 35.9 Å². The molecule has 1 unspecified atom stereocenters. The molecule has 0 saturated carbocycles. The minimum atomic E-state index is -0.282. The van der Waals surface area contributed by atoms with Crippen LogP contribution in [0.25, 0.3) is 0 Å². The molecule has 2 rings (SSSR count). The number of rotatable bonds is 7. The lowest BCUT2D eigenvalue weighted by Crippen LogP contribution is -2.43. The highest BCUT2D eigenvalue weighted by Gasteiger charge is 2.18. The third-order valence-electron chi connectivity index (χ3n) is 4.55. The van der Waals surface area contributed by atoms with Crippen molar-refractivity contribution in [2.24, 2.45) is 0 Å². The summed E-state index contributed by atoms with van der Waals surface area (Å²) >= 11 is 0. The second-order valence-corrected chi connectivity index (χ2v) is 6.33. The first-order chi connectivity index (χ1) is 11.1.